The Morgan fingerprint density at radius 1 is 1.28 bits per heavy atom. The van der Waals surface area contributed by atoms with E-state index in [0.717, 1.165) is 5.56 Å². The maximum Gasteiger partial charge on any atom is 0.341 e. The van der Waals surface area contributed by atoms with Gasteiger partial charge in [-0.05, 0) is 32.5 Å². The molecular weight excluding hydrogens is 320 g/mol. The van der Waals surface area contributed by atoms with Crippen molar-refractivity contribution in [1.29, 1.82) is 0 Å². The van der Waals surface area contributed by atoms with Gasteiger partial charge in [0.1, 0.15) is 17.1 Å². The fourth-order valence-electron chi connectivity index (χ4n) is 2.45. The highest BCUT2D eigenvalue weighted by Crippen LogP contribution is 2.17. The minimum absolute atomic E-state index is 0.0668. The van der Waals surface area contributed by atoms with Crippen LogP contribution < -0.4 is 5.32 Å². The molecule has 2 rings (SSSR count). The molecule has 0 aliphatic heterocycles. The second-order valence-electron chi connectivity index (χ2n) is 5.97. The van der Waals surface area contributed by atoms with Gasteiger partial charge in [-0.25, -0.2) is 4.79 Å². The van der Waals surface area contributed by atoms with Gasteiger partial charge in [0.05, 0.1) is 19.7 Å². The third-order valence-electron chi connectivity index (χ3n) is 4.13. The van der Waals surface area contributed by atoms with Crippen LogP contribution in [0.5, 0.6) is 0 Å². The third-order valence-corrected chi connectivity index (χ3v) is 4.13. The van der Waals surface area contributed by atoms with Crippen molar-refractivity contribution in [3.8, 4) is 0 Å². The Morgan fingerprint density at radius 3 is 2.60 bits per heavy atom. The van der Waals surface area contributed by atoms with E-state index in [1.807, 2.05) is 49.2 Å². The van der Waals surface area contributed by atoms with Crippen LogP contribution in [0.15, 0.2) is 40.8 Å². The first kappa shape index (κ1) is 18.7. The number of carbonyl (C=O) groups excluding carboxylic acids is 2. The number of rotatable bonds is 7. The summed E-state index contributed by atoms with van der Waals surface area (Å²) in [5, 5.41) is 2.92. The standard InChI is InChI=1S/C19H24N2O4/c1-13(18(22)20-11-15-8-6-5-7-9-15)21(3)12-16-10-17(14(2)25-16)19(23)24-4/h5-10,13H,11-12H2,1-4H3,(H,20,22). The van der Waals surface area contributed by atoms with Gasteiger partial charge in [-0.3, -0.25) is 9.69 Å². The average molecular weight is 344 g/mol. The quantitative estimate of drug-likeness (QED) is 0.782. The number of amides is 1. The molecule has 0 spiro atoms. The zero-order chi connectivity index (χ0) is 18.4. The molecule has 0 saturated carbocycles. The molecule has 1 amide bonds. The van der Waals surface area contributed by atoms with Crippen LogP contribution in [-0.2, 0) is 22.6 Å². The smallest absolute Gasteiger partial charge is 0.341 e. The van der Waals surface area contributed by atoms with Crippen molar-refractivity contribution >= 4 is 11.9 Å². The second kappa shape index (κ2) is 8.48. The van der Waals surface area contributed by atoms with Crippen LogP contribution in [0.2, 0.25) is 0 Å². The van der Waals surface area contributed by atoms with Crippen molar-refractivity contribution in [2.75, 3.05) is 14.2 Å². The maximum absolute atomic E-state index is 12.3. The number of carbonyl (C=O) groups is 2. The van der Waals surface area contributed by atoms with E-state index in [4.69, 9.17) is 9.15 Å². The zero-order valence-electron chi connectivity index (χ0n) is 15.0. The summed E-state index contributed by atoms with van der Waals surface area (Å²) in [7, 11) is 3.17. The van der Waals surface area contributed by atoms with Crippen LogP contribution in [0.4, 0.5) is 0 Å². The van der Waals surface area contributed by atoms with Gasteiger partial charge in [0, 0.05) is 6.54 Å². The van der Waals surface area contributed by atoms with Crippen LogP contribution in [-0.4, -0.2) is 37.0 Å². The molecule has 1 aromatic carbocycles. The normalized spacial score (nSPS) is 12.0. The third kappa shape index (κ3) is 4.93. The number of aryl methyl sites for hydroxylation is 1. The zero-order valence-corrected chi connectivity index (χ0v) is 15.0. The van der Waals surface area contributed by atoms with Crippen molar-refractivity contribution in [3.05, 3.63) is 59.0 Å². The number of methoxy groups -OCH3 is 1. The summed E-state index contributed by atoms with van der Waals surface area (Å²) in [6.07, 6.45) is 0. The average Bonchev–Trinajstić information content (AvgIpc) is 2.99. The first-order chi connectivity index (χ1) is 11.9. The molecule has 0 radical (unpaired) electrons. The van der Waals surface area contributed by atoms with E-state index in [0.29, 0.717) is 30.2 Å². The van der Waals surface area contributed by atoms with Gasteiger partial charge in [-0.2, -0.15) is 0 Å². The summed E-state index contributed by atoms with van der Waals surface area (Å²) in [6, 6.07) is 11.1. The number of esters is 1. The summed E-state index contributed by atoms with van der Waals surface area (Å²) >= 11 is 0. The van der Waals surface area contributed by atoms with E-state index in [9.17, 15) is 9.59 Å². The molecular formula is C19H24N2O4. The van der Waals surface area contributed by atoms with Crippen molar-refractivity contribution in [2.24, 2.45) is 0 Å². The first-order valence-electron chi connectivity index (χ1n) is 8.12. The van der Waals surface area contributed by atoms with Crippen LogP contribution in [0.25, 0.3) is 0 Å². The summed E-state index contributed by atoms with van der Waals surface area (Å²) in [6.45, 7) is 4.45. The number of hydrogen-bond acceptors (Lipinski definition) is 5. The van der Waals surface area contributed by atoms with Crippen LogP contribution >= 0.6 is 0 Å². The number of hydrogen-bond donors (Lipinski definition) is 1. The molecule has 0 aliphatic rings. The van der Waals surface area contributed by atoms with Crippen LogP contribution in [0.3, 0.4) is 0 Å². The molecule has 134 valence electrons. The van der Waals surface area contributed by atoms with E-state index >= 15 is 0 Å². The van der Waals surface area contributed by atoms with E-state index in [-0.39, 0.29) is 11.9 Å². The fourth-order valence-corrected chi connectivity index (χ4v) is 2.45. The Labute approximate surface area is 147 Å². The number of likely N-dealkylation sites (N-methyl/N-ethyl adjacent to an activating group) is 1. The molecule has 1 N–H and O–H groups in total. The lowest BCUT2D eigenvalue weighted by atomic mass is 10.2. The van der Waals surface area contributed by atoms with Gasteiger partial charge < -0.3 is 14.5 Å². The highest BCUT2D eigenvalue weighted by molar-refractivity contribution is 5.90. The van der Waals surface area contributed by atoms with Crippen molar-refractivity contribution in [3.63, 3.8) is 0 Å². The molecule has 0 bridgehead atoms. The minimum atomic E-state index is -0.427. The van der Waals surface area contributed by atoms with Crippen molar-refractivity contribution in [1.82, 2.24) is 10.2 Å². The SMILES string of the molecule is COC(=O)c1cc(CN(C)C(C)C(=O)NCc2ccccc2)oc1C. The summed E-state index contributed by atoms with van der Waals surface area (Å²) in [5.74, 6) is 0.631. The Balaban J connectivity index is 1.92. The topological polar surface area (TPSA) is 71.8 Å². The molecule has 1 aromatic heterocycles. The van der Waals surface area contributed by atoms with Gasteiger partial charge in [-0.15, -0.1) is 0 Å². The predicted octanol–water partition coefficient (Wildman–Crippen LogP) is 2.51. The van der Waals surface area contributed by atoms with Crippen LogP contribution in [0, 0.1) is 6.92 Å². The lowest BCUT2D eigenvalue weighted by molar-refractivity contribution is -0.125. The van der Waals surface area contributed by atoms with Gasteiger partial charge in [0.15, 0.2) is 0 Å². The number of nitrogens with one attached hydrogen (secondary N) is 1. The number of furan rings is 1. The van der Waals surface area contributed by atoms with E-state index in [1.54, 1.807) is 13.0 Å². The number of ether oxygens (including phenoxy) is 1. The lowest BCUT2D eigenvalue weighted by Crippen LogP contribution is -2.42. The molecule has 0 saturated heterocycles. The summed E-state index contributed by atoms with van der Waals surface area (Å²) in [4.78, 5) is 25.8. The Kier molecular flexibility index (Phi) is 6.36. The predicted molar refractivity (Wildman–Crippen MR) is 94.0 cm³/mol. The Morgan fingerprint density at radius 2 is 1.96 bits per heavy atom. The highest BCUT2D eigenvalue weighted by atomic mass is 16.5. The van der Waals surface area contributed by atoms with E-state index in [1.165, 1.54) is 7.11 Å². The fraction of sp³-hybridized carbons (Fsp3) is 0.368. The Hall–Kier alpha value is -2.60. The molecule has 0 fully saturated rings. The van der Waals surface area contributed by atoms with Crippen LogP contribution in [0.1, 0.15) is 34.4 Å². The monoisotopic (exact) mass is 344 g/mol. The minimum Gasteiger partial charge on any atom is -0.465 e. The van der Waals surface area contributed by atoms with Gasteiger partial charge in [-0.1, -0.05) is 30.3 Å². The summed E-state index contributed by atoms with van der Waals surface area (Å²) in [5.41, 5.74) is 1.46. The highest BCUT2D eigenvalue weighted by Gasteiger charge is 2.21. The summed E-state index contributed by atoms with van der Waals surface area (Å²) < 4.78 is 10.3. The van der Waals surface area contributed by atoms with Gasteiger partial charge >= 0.3 is 5.97 Å². The second-order valence-corrected chi connectivity index (χ2v) is 5.97. The molecule has 2 aromatic rings. The van der Waals surface area contributed by atoms with E-state index < -0.39 is 5.97 Å². The van der Waals surface area contributed by atoms with Gasteiger partial charge in [0.2, 0.25) is 5.91 Å². The van der Waals surface area contributed by atoms with E-state index in [2.05, 4.69) is 5.32 Å². The van der Waals surface area contributed by atoms with Crippen molar-refractivity contribution < 1.29 is 18.7 Å². The maximum atomic E-state index is 12.3. The molecule has 25 heavy (non-hydrogen) atoms. The molecule has 1 atom stereocenters. The molecule has 1 heterocycles. The number of benzene rings is 1. The largest absolute Gasteiger partial charge is 0.465 e. The van der Waals surface area contributed by atoms with Crippen molar-refractivity contribution in [2.45, 2.75) is 33.0 Å². The Bertz CT molecular complexity index is 724. The molecule has 6 nitrogen and oxygen atoms in total. The number of nitrogens with zero attached hydrogens (tertiary/aromatic N) is 1. The van der Waals surface area contributed by atoms with Gasteiger partial charge in [0.25, 0.3) is 0 Å². The molecule has 6 heteroatoms. The lowest BCUT2D eigenvalue weighted by Gasteiger charge is -2.22. The molecule has 0 aliphatic carbocycles. The molecule has 1 unspecified atom stereocenters. The first-order valence-corrected chi connectivity index (χ1v) is 8.12.